The van der Waals surface area contributed by atoms with Crippen LogP contribution in [0.4, 0.5) is 0 Å². The summed E-state index contributed by atoms with van der Waals surface area (Å²) in [7, 11) is 0. The van der Waals surface area contributed by atoms with E-state index in [0.717, 1.165) is 128 Å². The topological polar surface area (TPSA) is 191 Å². The van der Waals surface area contributed by atoms with Gasteiger partial charge in [0.15, 0.2) is 0 Å². The monoisotopic (exact) mass is 776 g/mol. The molecule has 0 unspecified atom stereocenters. The minimum absolute atomic E-state index is 0.00444. The molecule has 3 N–H and O–H groups in total. The molecule has 4 aliphatic rings. The predicted molar refractivity (Wildman–Crippen MR) is 207 cm³/mol. The van der Waals surface area contributed by atoms with Crippen LogP contribution < -0.4 is 0 Å². The number of esters is 3. The maximum absolute atomic E-state index is 12.2. The number of carbonyl (C=O) groups excluding carboxylic acids is 3. The molecule has 0 amide bonds. The van der Waals surface area contributed by atoms with Gasteiger partial charge in [-0.3, -0.25) is 19.2 Å². The fraction of sp³-hybridized carbons (Fsp3) is 0.767. The Hall–Kier alpha value is -3.70. The molecule has 0 atom stereocenters. The fourth-order valence-electron chi connectivity index (χ4n) is 8.65. The first kappa shape index (κ1) is 47.5. The van der Waals surface area contributed by atoms with Gasteiger partial charge in [-0.25, -0.2) is 9.59 Å². The van der Waals surface area contributed by atoms with Gasteiger partial charge >= 0.3 is 35.8 Å². The van der Waals surface area contributed by atoms with E-state index in [-0.39, 0.29) is 35.6 Å². The molecule has 312 valence electrons. The lowest BCUT2D eigenvalue weighted by molar-refractivity contribution is -0.151. The maximum atomic E-state index is 12.2. The Balaban J connectivity index is 0.000000320. The molecule has 0 saturated heterocycles. The molecule has 0 aliphatic heterocycles. The lowest BCUT2D eigenvalue weighted by Crippen LogP contribution is -2.30. The van der Waals surface area contributed by atoms with Crippen LogP contribution in [0.2, 0.25) is 0 Å². The molecule has 55 heavy (non-hydrogen) atoms. The summed E-state index contributed by atoms with van der Waals surface area (Å²) in [6.45, 7) is 9.93. The second-order valence-corrected chi connectivity index (χ2v) is 15.8. The van der Waals surface area contributed by atoms with Gasteiger partial charge in [-0.2, -0.15) is 0 Å². The average molecular weight is 777 g/mol. The number of carboxylic acids is 3. The molecular weight excluding hydrogens is 708 g/mol. The summed E-state index contributed by atoms with van der Waals surface area (Å²) in [5.74, 6) is -0.742. The maximum Gasteiger partial charge on any atom is 0.330 e. The quantitative estimate of drug-likeness (QED) is 0.0554. The number of unbranched alkanes of at least 4 members (excludes halogenated alkanes) is 3. The van der Waals surface area contributed by atoms with Crippen molar-refractivity contribution in [3.05, 3.63) is 25.3 Å². The normalized spacial score (nSPS) is 27.6. The molecule has 4 aliphatic carbocycles. The van der Waals surface area contributed by atoms with E-state index in [1.807, 2.05) is 0 Å². The second kappa shape index (κ2) is 27.0. The number of hydrogen-bond acceptors (Lipinski definition) is 9. The Kier molecular flexibility index (Phi) is 23.3. The van der Waals surface area contributed by atoms with Crippen molar-refractivity contribution in [2.24, 2.45) is 47.3 Å². The summed E-state index contributed by atoms with van der Waals surface area (Å²) in [6, 6.07) is 0. The van der Waals surface area contributed by atoms with Gasteiger partial charge in [0.05, 0.1) is 43.5 Å². The van der Waals surface area contributed by atoms with Crippen LogP contribution in [0.15, 0.2) is 25.3 Å². The number of hydrogen-bond donors (Lipinski definition) is 3. The predicted octanol–water partition coefficient (Wildman–Crippen LogP) is 8.41. The smallest absolute Gasteiger partial charge is 0.330 e. The number of aliphatic carboxylic acids is 3. The largest absolute Gasteiger partial charge is 0.481 e. The third kappa shape index (κ3) is 18.7. The Morgan fingerprint density at radius 2 is 0.727 bits per heavy atom. The molecule has 0 bridgehead atoms. The highest BCUT2D eigenvalue weighted by Crippen LogP contribution is 2.43. The number of rotatable bonds is 17. The first-order chi connectivity index (χ1) is 26.4. The number of carbonyl (C=O) groups is 6. The number of carboxylic acid groups (broad SMARTS) is 3. The first-order valence-electron chi connectivity index (χ1n) is 20.8. The Bertz CT molecular complexity index is 1170. The van der Waals surface area contributed by atoms with E-state index in [4.69, 9.17) is 29.5 Å². The van der Waals surface area contributed by atoms with E-state index in [1.165, 1.54) is 6.08 Å². The van der Waals surface area contributed by atoms with Crippen LogP contribution >= 0.6 is 0 Å². The highest BCUT2D eigenvalue weighted by molar-refractivity contribution is 5.81. The summed E-state index contributed by atoms with van der Waals surface area (Å²) in [5, 5.41) is 27.0. The minimum Gasteiger partial charge on any atom is -0.481 e. The van der Waals surface area contributed by atoms with Crippen LogP contribution in [-0.4, -0.2) is 71.0 Å². The fourth-order valence-corrected chi connectivity index (χ4v) is 8.65. The standard InChI is InChI=1S/C21H32O6.C14H22O4.C8H14O2/c1-2-19(22)26-13-3-4-14-27-21(25)18-11-7-16(8-12-18)15-5-9-17(10-6-15)20(23)24;15-13(16)11-5-1-9(2-6-11)10-3-7-12(8-4-10)14(17)18;1-3-5-6-7-10-8(9)4-2/h2,15-18H,1,3-14H2,(H,23,24);9-12H,1-8H2,(H,15,16)(H,17,18);4H,2-3,5-7H2,1H3. The molecule has 0 radical (unpaired) electrons. The van der Waals surface area contributed by atoms with Crippen LogP contribution in [-0.2, 0) is 43.0 Å². The molecule has 12 nitrogen and oxygen atoms in total. The number of ether oxygens (including phenoxy) is 3. The zero-order chi connectivity index (χ0) is 40.6. The minimum atomic E-state index is -0.654. The van der Waals surface area contributed by atoms with Crippen molar-refractivity contribution >= 4 is 35.8 Å². The van der Waals surface area contributed by atoms with E-state index in [0.29, 0.717) is 56.3 Å². The molecule has 0 aromatic heterocycles. The van der Waals surface area contributed by atoms with Crippen molar-refractivity contribution in [1.82, 2.24) is 0 Å². The van der Waals surface area contributed by atoms with Crippen molar-refractivity contribution in [2.45, 2.75) is 142 Å². The average Bonchev–Trinajstić information content (AvgIpc) is 3.21. The van der Waals surface area contributed by atoms with Crippen molar-refractivity contribution in [3.8, 4) is 0 Å². The van der Waals surface area contributed by atoms with Gasteiger partial charge in [-0.05, 0) is 146 Å². The molecule has 0 aromatic carbocycles. The van der Waals surface area contributed by atoms with E-state index in [2.05, 4.69) is 20.1 Å². The van der Waals surface area contributed by atoms with Crippen LogP contribution in [0.3, 0.4) is 0 Å². The Morgan fingerprint density at radius 1 is 0.455 bits per heavy atom. The van der Waals surface area contributed by atoms with Crippen LogP contribution in [0, 0.1) is 47.3 Å². The third-order valence-electron chi connectivity index (χ3n) is 12.2. The van der Waals surface area contributed by atoms with Gasteiger partial charge in [0.25, 0.3) is 0 Å². The van der Waals surface area contributed by atoms with Crippen LogP contribution in [0.1, 0.15) is 142 Å². The lowest BCUT2D eigenvalue weighted by Gasteiger charge is -2.36. The Morgan fingerprint density at radius 3 is 1.00 bits per heavy atom. The first-order valence-corrected chi connectivity index (χ1v) is 20.8. The zero-order valence-electron chi connectivity index (χ0n) is 33.2. The Labute approximate surface area is 327 Å². The van der Waals surface area contributed by atoms with Gasteiger partial charge in [0.1, 0.15) is 0 Å². The summed E-state index contributed by atoms with van der Waals surface area (Å²) < 4.78 is 15.0. The molecule has 0 aromatic rings. The van der Waals surface area contributed by atoms with Crippen LogP contribution in [0.5, 0.6) is 0 Å². The van der Waals surface area contributed by atoms with Gasteiger partial charge in [-0.15, -0.1) is 0 Å². The second-order valence-electron chi connectivity index (χ2n) is 15.8. The van der Waals surface area contributed by atoms with Gasteiger partial charge in [-0.1, -0.05) is 32.9 Å². The van der Waals surface area contributed by atoms with E-state index >= 15 is 0 Å². The third-order valence-corrected chi connectivity index (χ3v) is 12.2. The summed E-state index contributed by atoms with van der Waals surface area (Å²) in [5.41, 5.74) is 0. The van der Waals surface area contributed by atoms with E-state index in [1.54, 1.807) is 0 Å². The lowest BCUT2D eigenvalue weighted by atomic mass is 9.69. The van der Waals surface area contributed by atoms with Gasteiger partial charge < -0.3 is 29.5 Å². The molecule has 4 fully saturated rings. The van der Waals surface area contributed by atoms with Crippen molar-refractivity contribution in [1.29, 1.82) is 0 Å². The summed E-state index contributed by atoms with van der Waals surface area (Å²) in [4.78, 5) is 66.4. The molecule has 0 spiro atoms. The van der Waals surface area contributed by atoms with Crippen LogP contribution in [0.25, 0.3) is 0 Å². The zero-order valence-corrected chi connectivity index (χ0v) is 33.2. The highest BCUT2D eigenvalue weighted by Gasteiger charge is 2.36. The van der Waals surface area contributed by atoms with Gasteiger partial charge in [0.2, 0.25) is 0 Å². The molecule has 12 heteroatoms. The summed E-state index contributed by atoms with van der Waals surface area (Å²) >= 11 is 0. The van der Waals surface area contributed by atoms with Crippen molar-refractivity contribution in [2.75, 3.05) is 19.8 Å². The molecule has 0 heterocycles. The molecule has 4 rings (SSSR count). The van der Waals surface area contributed by atoms with Crippen molar-refractivity contribution in [3.63, 3.8) is 0 Å². The molecule has 4 saturated carbocycles. The summed E-state index contributed by atoms with van der Waals surface area (Å²) in [6.07, 6.45) is 21.6. The van der Waals surface area contributed by atoms with E-state index in [9.17, 15) is 28.8 Å². The van der Waals surface area contributed by atoms with Crippen molar-refractivity contribution < 1.29 is 58.3 Å². The van der Waals surface area contributed by atoms with Gasteiger partial charge in [0, 0.05) is 12.2 Å². The molecular formula is C43H68O12. The highest BCUT2D eigenvalue weighted by atomic mass is 16.5. The SMILES string of the molecule is C=CC(=O)OCCCCC.C=CC(=O)OCCCCOC(=O)C1CCC(C2CCC(C(=O)O)CC2)CC1.O=C(O)C1CCC(C2CCC(C(=O)O)CC2)CC1. The van der Waals surface area contributed by atoms with E-state index < -0.39 is 23.9 Å².